The van der Waals surface area contributed by atoms with Crippen LogP contribution in [0.1, 0.15) is 47.0 Å². The monoisotopic (exact) mass is 391 g/mol. The zero-order valence-electron chi connectivity index (χ0n) is 14.7. The van der Waals surface area contributed by atoms with E-state index in [0.717, 1.165) is 31.5 Å². The lowest BCUT2D eigenvalue weighted by Gasteiger charge is -2.37. The largest absolute Gasteiger partial charge is 0.478 e. The minimum Gasteiger partial charge on any atom is -0.478 e. The Morgan fingerprint density at radius 3 is 2.63 bits per heavy atom. The molecule has 0 unspecified atom stereocenters. The lowest BCUT2D eigenvalue weighted by Crippen LogP contribution is -2.40. The molecule has 1 heterocycles. The maximum absolute atomic E-state index is 13.8. The first kappa shape index (κ1) is 19.1. The predicted octanol–water partition coefficient (Wildman–Crippen LogP) is 4.20. The number of hydrogen-bond donors (Lipinski definition) is 2. The van der Waals surface area contributed by atoms with Crippen LogP contribution in [0.3, 0.4) is 0 Å². The van der Waals surface area contributed by atoms with Crippen molar-refractivity contribution in [1.29, 1.82) is 0 Å². The summed E-state index contributed by atoms with van der Waals surface area (Å²) < 4.78 is 13.8. The molecule has 1 fully saturated rings. The first-order valence-corrected chi connectivity index (χ1v) is 9.05. The standard InChI is InChI=1S/C19H19ClFN3O3/c1-2-24(13-4-3-5-13)17-9-11(20)8-16(23-17)18(25)22-12-6-7-14(19(26)27)15(21)10-12/h6-10,13H,2-5H2,1H3,(H,22,25)(H,26,27). The van der Waals surface area contributed by atoms with E-state index < -0.39 is 23.3 Å². The smallest absolute Gasteiger partial charge is 0.338 e. The third-order valence-corrected chi connectivity index (χ3v) is 4.84. The Hall–Kier alpha value is -2.67. The fourth-order valence-corrected chi connectivity index (χ4v) is 3.22. The van der Waals surface area contributed by atoms with Gasteiger partial charge in [-0.2, -0.15) is 0 Å². The number of amides is 1. The lowest BCUT2D eigenvalue weighted by molar-refractivity contribution is 0.0692. The number of carbonyl (C=O) groups excluding carboxylic acids is 1. The number of pyridine rings is 1. The summed E-state index contributed by atoms with van der Waals surface area (Å²) in [7, 11) is 0. The van der Waals surface area contributed by atoms with Crippen LogP contribution in [-0.4, -0.2) is 34.6 Å². The van der Waals surface area contributed by atoms with Crippen LogP contribution in [0.25, 0.3) is 0 Å². The summed E-state index contributed by atoms with van der Waals surface area (Å²) in [5, 5.41) is 11.8. The number of hydrogen-bond acceptors (Lipinski definition) is 4. The summed E-state index contributed by atoms with van der Waals surface area (Å²) in [5.74, 6) is -2.22. The molecule has 1 aliphatic carbocycles. The molecule has 1 aromatic carbocycles. The third kappa shape index (κ3) is 4.19. The molecule has 8 heteroatoms. The van der Waals surface area contributed by atoms with Gasteiger partial charge in [0.2, 0.25) is 0 Å². The van der Waals surface area contributed by atoms with Gasteiger partial charge in [0, 0.05) is 23.3 Å². The minimum atomic E-state index is -1.37. The SMILES string of the molecule is CCN(c1cc(Cl)cc(C(=O)Nc2ccc(C(=O)O)c(F)c2)n1)C1CCC1. The number of carbonyl (C=O) groups is 2. The van der Waals surface area contributed by atoms with Crippen LogP contribution < -0.4 is 10.2 Å². The van der Waals surface area contributed by atoms with Crippen molar-refractivity contribution in [2.75, 3.05) is 16.8 Å². The average Bonchev–Trinajstić information content (AvgIpc) is 2.57. The molecule has 1 amide bonds. The van der Waals surface area contributed by atoms with E-state index in [1.165, 1.54) is 18.6 Å². The predicted molar refractivity (Wildman–Crippen MR) is 101 cm³/mol. The van der Waals surface area contributed by atoms with Crippen molar-refractivity contribution in [3.05, 3.63) is 52.4 Å². The molecule has 0 aliphatic heterocycles. The van der Waals surface area contributed by atoms with Crippen LogP contribution in [0.15, 0.2) is 30.3 Å². The van der Waals surface area contributed by atoms with Gasteiger partial charge in [0.25, 0.3) is 5.91 Å². The van der Waals surface area contributed by atoms with Gasteiger partial charge in [-0.1, -0.05) is 11.6 Å². The summed E-state index contributed by atoms with van der Waals surface area (Å²) >= 11 is 6.17. The van der Waals surface area contributed by atoms with Gasteiger partial charge in [0.05, 0.1) is 5.56 Å². The summed E-state index contributed by atoms with van der Waals surface area (Å²) in [6.45, 7) is 2.77. The van der Waals surface area contributed by atoms with Crippen molar-refractivity contribution >= 4 is 35.0 Å². The van der Waals surface area contributed by atoms with Gasteiger partial charge in [-0.3, -0.25) is 4.79 Å². The van der Waals surface area contributed by atoms with Gasteiger partial charge in [-0.05, 0) is 56.5 Å². The van der Waals surface area contributed by atoms with Crippen LogP contribution in [0.2, 0.25) is 5.02 Å². The molecule has 0 radical (unpaired) electrons. The zero-order chi connectivity index (χ0) is 19.6. The number of anilines is 2. The van der Waals surface area contributed by atoms with Gasteiger partial charge in [-0.15, -0.1) is 0 Å². The number of benzene rings is 1. The number of carboxylic acid groups (broad SMARTS) is 1. The highest BCUT2D eigenvalue weighted by Crippen LogP contribution is 2.30. The number of carboxylic acids is 1. The van der Waals surface area contributed by atoms with Crippen molar-refractivity contribution in [3.63, 3.8) is 0 Å². The molecule has 1 aliphatic rings. The van der Waals surface area contributed by atoms with Gasteiger partial charge >= 0.3 is 5.97 Å². The van der Waals surface area contributed by atoms with Crippen molar-refractivity contribution in [1.82, 2.24) is 4.98 Å². The summed E-state index contributed by atoms with van der Waals surface area (Å²) in [4.78, 5) is 29.9. The highest BCUT2D eigenvalue weighted by molar-refractivity contribution is 6.31. The summed E-state index contributed by atoms with van der Waals surface area (Å²) in [6.07, 6.45) is 3.34. The average molecular weight is 392 g/mol. The maximum atomic E-state index is 13.8. The quantitative estimate of drug-likeness (QED) is 0.771. The van der Waals surface area contributed by atoms with Crippen molar-refractivity contribution < 1.29 is 19.1 Å². The summed E-state index contributed by atoms with van der Waals surface area (Å²) in [6, 6.07) is 6.94. The Kier molecular flexibility index (Phi) is 5.60. The van der Waals surface area contributed by atoms with Gasteiger partial charge < -0.3 is 15.3 Å². The molecular formula is C19H19ClFN3O3. The number of aromatic carboxylic acids is 1. The second-order valence-corrected chi connectivity index (χ2v) is 6.79. The molecule has 2 N–H and O–H groups in total. The van der Waals surface area contributed by atoms with E-state index in [2.05, 4.69) is 15.2 Å². The Morgan fingerprint density at radius 2 is 2.07 bits per heavy atom. The second kappa shape index (κ2) is 7.92. The first-order valence-electron chi connectivity index (χ1n) is 8.67. The Labute approximate surface area is 161 Å². The molecule has 0 bridgehead atoms. The molecule has 0 spiro atoms. The van der Waals surface area contributed by atoms with E-state index in [0.29, 0.717) is 16.9 Å². The number of rotatable bonds is 6. The molecule has 0 atom stereocenters. The highest BCUT2D eigenvalue weighted by Gasteiger charge is 2.26. The molecule has 0 saturated heterocycles. The van der Waals surface area contributed by atoms with Crippen molar-refractivity contribution in [2.24, 2.45) is 0 Å². The zero-order valence-corrected chi connectivity index (χ0v) is 15.5. The Bertz CT molecular complexity index is 886. The Balaban J connectivity index is 1.82. The highest BCUT2D eigenvalue weighted by atomic mass is 35.5. The second-order valence-electron chi connectivity index (χ2n) is 6.35. The molecule has 142 valence electrons. The normalized spacial score (nSPS) is 13.7. The lowest BCUT2D eigenvalue weighted by atomic mass is 9.91. The van der Waals surface area contributed by atoms with E-state index in [-0.39, 0.29) is 11.4 Å². The van der Waals surface area contributed by atoms with Crippen LogP contribution in [-0.2, 0) is 0 Å². The minimum absolute atomic E-state index is 0.109. The molecule has 2 aromatic rings. The van der Waals surface area contributed by atoms with E-state index in [4.69, 9.17) is 16.7 Å². The van der Waals surface area contributed by atoms with Gasteiger partial charge in [0.1, 0.15) is 17.3 Å². The molecule has 3 rings (SSSR count). The number of halogens is 2. The molecule has 27 heavy (non-hydrogen) atoms. The van der Waals surface area contributed by atoms with Gasteiger partial charge in [0.15, 0.2) is 0 Å². The van der Waals surface area contributed by atoms with Crippen LogP contribution in [0, 0.1) is 5.82 Å². The Morgan fingerprint density at radius 1 is 1.33 bits per heavy atom. The fraction of sp³-hybridized carbons (Fsp3) is 0.316. The van der Waals surface area contributed by atoms with Crippen molar-refractivity contribution in [2.45, 2.75) is 32.2 Å². The molecule has 1 aromatic heterocycles. The number of nitrogens with zero attached hydrogens (tertiary/aromatic N) is 2. The van der Waals surface area contributed by atoms with E-state index in [1.54, 1.807) is 6.07 Å². The maximum Gasteiger partial charge on any atom is 0.338 e. The van der Waals surface area contributed by atoms with Crippen LogP contribution in [0.5, 0.6) is 0 Å². The number of nitrogens with one attached hydrogen (secondary N) is 1. The molecular weight excluding hydrogens is 373 g/mol. The van der Waals surface area contributed by atoms with E-state index in [1.807, 2.05) is 6.92 Å². The summed E-state index contributed by atoms with van der Waals surface area (Å²) in [5.41, 5.74) is -0.217. The van der Waals surface area contributed by atoms with Crippen LogP contribution in [0.4, 0.5) is 15.9 Å². The number of aromatic nitrogens is 1. The topological polar surface area (TPSA) is 82.5 Å². The van der Waals surface area contributed by atoms with Gasteiger partial charge in [-0.25, -0.2) is 14.2 Å². The molecule has 6 nitrogen and oxygen atoms in total. The third-order valence-electron chi connectivity index (χ3n) is 4.62. The van der Waals surface area contributed by atoms with E-state index >= 15 is 0 Å². The van der Waals surface area contributed by atoms with Crippen molar-refractivity contribution in [3.8, 4) is 0 Å². The first-order chi connectivity index (χ1) is 12.9. The molecule has 1 saturated carbocycles. The van der Waals surface area contributed by atoms with E-state index in [9.17, 15) is 14.0 Å². The fourth-order valence-electron chi connectivity index (χ4n) is 3.01. The van der Waals surface area contributed by atoms with Crippen LogP contribution >= 0.6 is 11.6 Å².